The number of hydrogen-bond donors (Lipinski definition) is 2. The molecule has 1 aliphatic rings. The van der Waals surface area contributed by atoms with E-state index in [1.165, 1.54) is 30.8 Å². The van der Waals surface area contributed by atoms with Gasteiger partial charge in [-0.1, -0.05) is 0 Å². The Labute approximate surface area is 131 Å². The van der Waals surface area contributed by atoms with E-state index in [1.54, 1.807) is 11.3 Å². The first-order valence-corrected chi connectivity index (χ1v) is 8.61. The summed E-state index contributed by atoms with van der Waals surface area (Å²) in [5.41, 5.74) is 0. The molecule has 6 heteroatoms. The molecule has 118 valence electrons. The van der Waals surface area contributed by atoms with Crippen LogP contribution >= 0.6 is 11.3 Å². The number of nitrogens with one attached hydrogen (secondary N) is 2. The summed E-state index contributed by atoms with van der Waals surface area (Å²) in [7, 11) is 2.20. The predicted octanol–water partition coefficient (Wildman–Crippen LogP) is 1.85. The quantitative estimate of drug-likeness (QED) is 0.644. The van der Waals surface area contributed by atoms with Gasteiger partial charge in [0.1, 0.15) is 5.01 Å². The molecule has 5 nitrogen and oxygen atoms in total. The van der Waals surface area contributed by atoms with E-state index in [9.17, 15) is 0 Å². The van der Waals surface area contributed by atoms with Crippen molar-refractivity contribution in [3.05, 3.63) is 16.1 Å². The van der Waals surface area contributed by atoms with Crippen molar-refractivity contribution in [2.75, 3.05) is 33.2 Å². The van der Waals surface area contributed by atoms with E-state index >= 15 is 0 Å². The van der Waals surface area contributed by atoms with E-state index < -0.39 is 0 Å². The number of guanidine groups is 1. The van der Waals surface area contributed by atoms with Crippen molar-refractivity contribution in [1.29, 1.82) is 0 Å². The highest BCUT2D eigenvalue weighted by atomic mass is 32.1. The van der Waals surface area contributed by atoms with Crippen LogP contribution in [0.5, 0.6) is 0 Å². The standard InChI is InChI=1S/C15H27N5S/c1-4-16-15(19-11-14-17-9-12(2)21-14)18-10-13-5-7-20(3)8-6-13/h9,13H,4-8,10-11H2,1-3H3,(H2,16,18,19). The van der Waals surface area contributed by atoms with Crippen molar-refractivity contribution in [2.24, 2.45) is 10.9 Å². The molecular weight excluding hydrogens is 282 g/mol. The van der Waals surface area contributed by atoms with Crippen LogP contribution in [0.2, 0.25) is 0 Å². The fourth-order valence-electron chi connectivity index (χ4n) is 2.47. The van der Waals surface area contributed by atoms with Crippen LogP contribution in [0, 0.1) is 12.8 Å². The number of hydrogen-bond acceptors (Lipinski definition) is 4. The van der Waals surface area contributed by atoms with Gasteiger partial charge in [-0.2, -0.15) is 0 Å². The van der Waals surface area contributed by atoms with E-state index in [4.69, 9.17) is 0 Å². The summed E-state index contributed by atoms with van der Waals surface area (Å²) in [5, 5.41) is 7.87. The zero-order valence-electron chi connectivity index (χ0n) is 13.4. The average Bonchev–Trinajstić information content (AvgIpc) is 2.89. The highest BCUT2D eigenvalue weighted by Crippen LogP contribution is 2.15. The Morgan fingerprint density at radius 1 is 1.43 bits per heavy atom. The van der Waals surface area contributed by atoms with Gasteiger partial charge in [-0.15, -0.1) is 11.3 Å². The third-order valence-electron chi connectivity index (χ3n) is 3.78. The molecule has 0 atom stereocenters. The first kappa shape index (κ1) is 16.2. The van der Waals surface area contributed by atoms with Crippen LogP contribution in [-0.4, -0.2) is 49.1 Å². The van der Waals surface area contributed by atoms with Crippen molar-refractivity contribution in [1.82, 2.24) is 20.5 Å². The van der Waals surface area contributed by atoms with Gasteiger partial charge in [0, 0.05) is 24.2 Å². The molecule has 0 saturated carbocycles. The number of nitrogens with zero attached hydrogens (tertiary/aromatic N) is 3. The van der Waals surface area contributed by atoms with Gasteiger partial charge >= 0.3 is 0 Å². The van der Waals surface area contributed by atoms with Gasteiger partial charge in [0.2, 0.25) is 0 Å². The molecule has 1 aromatic heterocycles. The zero-order chi connectivity index (χ0) is 15.1. The molecule has 1 aromatic rings. The molecule has 1 saturated heterocycles. The largest absolute Gasteiger partial charge is 0.357 e. The maximum absolute atomic E-state index is 4.63. The summed E-state index contributed by atoms with van der Waals surface area (Å²) in [6.07, 6.45) is 4.46. The second-order valence-corrected chi connectivity index (χ2v) is 7.01. The van der Waals surface area contributed by atoms with Gasteiger partial charge < -0.3 is 15.5 Å². The van der Waals surface area contributed by atoms with Crippen LogP contribution < -0.4 is 10.6 Å². The summed E-state index contributed by atoms with van der Waals surface area (Å²) in [6.45, 7) is 9.14. The Morgan fingerprint density at radius 2 is 2.19 bits per heavy atom. The molecule has 0 amide bonds. The van der Waals surface area contributed by atoms with E-state index in [1.807, 2.05) is 6.20 Å². The summed E-state index contributed by atoms with van der Waals surface area (Å²) in [5.74, 6) is 1.66. The van der Waals surface area contributed by atoms with Crippen molar-refractivity contribution in [3.63, 3.8) is 0 Å². The molecule has 0 bridgehead atoms. The van der Waals surface area contributed by atoms with Crippen molar-refractivity contribution >= 4 is 17.3 Å². The van der Waals surface area contributed by atoms with Crippen molar-refractivity contribution < 1.29 is 0 Å². The number of aliphatic imine (C=N–C) groups is 1. The molecular formula is C15H27N5S. The minimum atomic E-state index is 0.654. The van der Waals surface area contributed by atoms with E-state index in [-0.39, 0.29) is 0 Å². The van der Waals surface area contributed by atoms with Gasteiger partial charge in [-0.25, -0.2) is 9.98 Å². The van der Waals surface area contributed by atoms with Gasteiger partial charge in [-0.3, -0.25) is 0 Å². The maximum Gasteiger partial charge on any atom is 0.191 e. The summed E-state index contributed by atoms with van der Waals surface area (Å²) in [4.78, 5) is 12.6. The molecule has 0 radical (unpaired) electrons. The minimum Gasteiger partial charge on any atom is -0.357 e. The summed E-state index contributed by atoms with van der Waals surface area (Å²) < 4.78 is 0. The number of rotatable bonds is 5. The minimum absolute atomic E-state index is 0.654. The Kier molecular flexibility index (Phi) is 6.45. The smallest absolute Gasteiger partial charge is 0.191 e. The van der Waals surface area contributed by atoms with Crippen LogP contribution in [0.1, 0.15) is 29.7 Å². The fraction of sp³-hybridized carbons (Fsp3) is 0.733. The molecule has 2 N–H and O–H groups in total. The van der Waals surface area contributed by atoms with E-state index in [2.05, 4.69) is 46.4 Å². The lowest BCUT2D eigenvalue weighted by Crippen LogP contribution is -2.42. The van der Waals surface area contributed by atoms with Crippen LogP contribution in [0.3, 0.4) is 0 Å². The van der Waals surface area contributed by atoms with Gasteiger partial charge in [0.15, 0.2) is 5.96 Å². The van der Waals surface area contributed by atoms with Crippen LogP contribution in [0.15, 0.2) is 11.2 Å². The fourth-order valence-corrected chi connectivity index (χ4v) is 3.18. The Morgan fingerprint density at radius 3 is 2.81 bits per heavy atom. The lowest BCUT2D eigenvalue weighted by atomic mass is 9.97. The number of thiazole rings is 1. The highest BCUT2D eigenvalue weighted by molar-refractivity contribution is 7.11. The summed E-state index contributed by atoms with van der Waals surface area (Å²) >= 11 is 1.71. The van der Waals surface area contributed by atoms with Gasteiger partial charge in [-0.05, 0) is 52.7 Å². The highest BCUT2D eigenvalue weighted by Gasteiger charge is 2.16. The molecule has 0 aromatic carbocycles. The molecule has 0 spiro atoms. The molecule has 2 rings (SSSR count). The first-order valence-electron chi connectivity index (χ1n) is 7.79. The normalized spacial score (nSPS) is 18.0. The lowest BCUT2D eigenvalue weighted by Gasteiger charge is -2.29. The van der Waals surface area contributed by atoms with Gasteiger partial charge in [0.05, 0.1) is 6.54 Å². The number of likely N-dealkylation sites (tertiary alicyclic amines) is 1. The first-order chi connectivity index (χ1) is 10.2. The van der Waals surface area contributed by atoms with Crippen LogP contribution in [-0.2, 0) is 6.54 Å². The Hall–Kier alpha value is -1.14. The third kappa shape index (κ3) is 5.63. The Balaban J connectivity index is 1.80. The van der Waals surface area contributed by atoms with Crippen molar-refractivity contribution in [3.8, 4) is 0 Å². The number of aromatic nitrogens is 1. The third-order valence-corrected chi connectivity index (χ3v) is 4.68. The van der Waals surface area contributed by atoms with Crippen LogP contribution in [0.4, 0.5) is 0 Å². The molecule has 2 heterocycles. The van der Waals surface area contributed by atoms with Crippen LogP contribution in [0.25, 0.3) is 0 Å². The topological polar surface area (TPSA) is 52.6 Å². The lowest BCUT2D eigenvalue weighted by molar-refractivity contribution is 0.220. The monoisotopic (exact) mass is 309 g/mol. The van der Waals surface area contributed by atoms with Crippen molar-refractivity contribution in [2.45, 2.75) is 33.2 Å². The Bertz CT molecular complexity index is 449. The number of piperidine rings is 1. The second-order valence-electron chi connectivity index (χ2n) is 5.69. The second kappa shape index (κ2) is 8.34. The van der Waals surface area contributed by atoms with E-state index in [0.29, 0.717) is 6.54 Å². The zero-order valence-corrected chi connectivity index (χ0v) is 14.2. The van der Waals surface area contributed by atoms with E-state index in [0.717, 1.165) is 30.0 Å². The average molecular weight is 309 g/mol. The molecule has 1 fully saturated rings. The SMILES string of the molecule is CCNC(=NCc1ncc(C)s1)NCC1CCN(C)CC1. The molecule has 21 heavy (non-hydrogen) atoms. The summed E-state index contributed by atoms with van der Waals surface area (Å²) in [6, 6.07) is 0. The molecule has 1 aliphatic heterocycles. The molecule has 0 unspecified atom stereocenters. The number of aryl methyl sites for hydroxylation is 1. The predicted molar refractivity (Wildman–Crippen MR) is 89.9 cm³/mol. The van der Waals surface area contributed by atoms with Gasteiger partial charge in [0.25, 0.3) is 0 Å². The molecule has 0 aliphatic carbocycles. The maximum atomic E-state index is 4.63.